The van der Waals surface area contributed by atoms with Crippen molar-refractivity contribution in [3.63, 3.8) is 0 Å². The molecule has 1 saturated carbocycles. The fraction of sp³-hybridized carbons (Fsp3) is 0.600. The Morgan fingerprint density at radius 2 is 1.57 bits per heavy atom. The summed E-state index contributed by atoms with van der Waals surface area (Å²) in [5, 5.41) is 9.23. The number of carbonyl (C=O) groups is 2. The number of carboxylic acid groups (broad SMARTS) is 1. The molecule has 3 heteroatoms. The van der Waals surface area contributed by atoms with Crippen LogP contribution in [0.5, 0.6) is 0 Å². The molecule has 126 valence electrons. The monoisotopic (exact) mass is 316 g/mol. The zero-order valence-electron chi connectivity index (χ0n) is 14.5. The van der Waals surface area contributed by atoms with Gasteiger partial charge in [-0.15, -0.1) is 0 Å². The Labute approximate surface area is 139 Å². The summed E-state index contributed by atoms with van der Waals surface area (Å²) >= 11 is 0. The molecule has 1 aliphatic rings. The highest BCUT2D eigenvalue weighted by Gasteiger charge is 2.36. The van der Waals surface area contributed by atoms with Gasteiger partial charge in [-0.25, -0.2) is 0 Å². The van der Waals surface area contributed by atoms with Gasteiger partial charge in [0.25, 0.3) is 0 Å². The van der Waals surface area contributed by atoms with Gasteiger partial charge in [0.05, 0.1) is 6.42 Å². The first-order valence-electron chi connectivity index (χ1n) is 8.57. The lowest BCUT2D eigenvalue weighted by atomic mass is 9.68. The Balaban J connectivity index is 2.13. The molecule has 1 aliphatic carbocycles. The lowest BCUT2D eigenvalue weighted by Gasteiger charge is -2.35. The highest BCUT2D eigenvalue weighted by Crippen LogP contribution is 2.43. The maximum absolute atomic E-state index is 12.7. The summed E-state index contributed by atoms with van der Waals surface area (Å²) in [5.74, 6) is -0.712. The van der Waals surface area contributed by atoms with Crippen LogP contribution in [0.4, 0.5) is 0 Å². The Kier molecular flexibility index (Phi) is 5.28. The molecular formula is C20H28O3. The van der Waals surface area contributed by atoms with Crippen molar-refractivity contribution in [2.24, 2.45) is 5.41 Å². The molecule has 0 bridgehead atoms. The molecule has 1 N–H and O–H groups in total. The van der Waals surface area contributed by atoms with Crippen LogP contribution in [0.3, 0.4) is 0 Å². The van der Waals surface area contributed by atoms with E-state index in [0.29, 0.717) is 12.0 Å². The van der Waals surface area contributed by atoms with Crippen molar-refractivity contribution in [1.29, 1.82) is 0 Å². The second-order valence-electron chi connectivity index (χ2n) is 8.06. The first-order chi connectivity index (χ1) is 10.7. The Morgan fingerprint density at radius 1 is 1.00 bits per heavy atom. The van der Waals surface area contributed by atoms with Crippen LogP contribution < -0.4 is 0 Å². The minimum absolute atomic E-state index is 0.0650. The highest BCUT2D eigenvalue weighted by molar-refractivity contribution is 5.96. The lowest BCUT2D eigenvalue weighted by molar-refractivity contribution is -0.140. The molecule has 23 heavy (non-hydrogen) atoms. The first-order valence-corrected chi connectivity index (χ1v) is 8.57. The summed E-state index contributed by atoms with van der Waals surface area (Å²) in [6.45, 7) is 6.44. The van der Waals surface area contributed by atoms with Gasteiger partial charge in [0.15, 0.2) is 5.78 Å². The van der Waals surface area contributed by atoms with Crippen LogP contribution in [-0.4, -0.2) is 16.9 Å². The molecule has 1 fully saturated rings. The van der Waals surface area contributed by atoms with Crippen LogP contribution in [0.25, 0.3) is 0 Å². The molecule has 0 amide bonds. The maximum Gasteiger partial charge on any atom is 0.303 e. The minimum Gasteiger partial charge on any atom is -0.481 e. The molecule has 0 radical (unpaired) electrons. The molecule has 0 spiro atoms. The van der Waals surface area contributed by atoms with E-state index in [1.54, 1.807) is 0 Å². The predicted molar refractivity (Wildman–Crippen MR) is 91.9 cm³/mol. The average molecular weight is 316 g/mol. The second-order valence-corrected chi connectivity index (χ2v) is 8.06. The SMILES string of the molecule is CC(C)(C)c1ccc(C(=O)CC2(CC(=O)O)CCCCC2)cc1. The van der Waals surface area contributed by atoms with Crippen molar-refractivity contribution in [2.45, 2.75) is 71.1 Å². The Morgan fingerprint density at radius 3 is 2.04 bits per heavy atom. The van der Waals surface area contributed by atoms with Crippen LogP contribution >= 0.6 is 0 Å². The van der Waals surface area contributed by atoms with Crippen LogP contribution in [0.15, 0.2) is 24.3 Å². The Hall–Kier alpha value is -1.64. The molecule has 1 aromatic carbocycles. The van der Waals surface area contributed by atoms with E-state index in [-0.39, 0.29) is 23.0 Å². The van der Waals surface area contributed by atoms with Crippen LogP contribution in [0.2, 0.25) is 0 Å². The van der Waals surface area contributed by atoms with Crippen LogP contribution in [0, 0.1) is 5.41 Å². The van der Waals surface area contributed by atoms with Crippen LogP contribution in [0.1, 0.15) is 81.6 Å². The number of ketones is 1. The van der Waals surface area contributed by atoms with Gasteiger partial charge in [-0.2, -0.15) is 0 Å². The fourth-order valence-corrected chi connectivity index (χ4v) is 3.64. The molecule has 1 aromatic rings. The number of hydrogen-bond acceptors (Lipinski definition) is 2. The van der Waals surface area contributed by atoms with E-state index in [0.717, 1.165) is 32.1 Å². The van der Waals surface area contributed by atoms with E-state index >= 15 is 0 Å². The topological polar surface area (TPSA) is 54.4 Å². The molecule has 2 rings (SSSR count). The number of benzene rings is 1. The normalized spacial score (nSPS) is 17.7. The molecule has 0 aromatic heterocycles. The number of hydrogen-bond donors (Lipinski definition) is 1. The van der Waals surface area contributed by atoms with Gasteiger partial charge in [0.1, 0.15) is 0 Å². The van der Waals surface area contributed by atoms with E-state index in [1.807, 2.05) is 24.3 Å². The van der Waals surface area contributed by atoms with Gasteiger partial charge in [0.2, 0.25) is 0 Å². The molecule has 0 atom stereocenters. The van der Waals surface area contributed by atoms with Gasteiger partial charge in [-0.1, -0.05) is 64.3 Å². The number of carbonyl (C=O) groups excluding carboxylic acids is 1. The summed E-state index contributed by atoms with van der Waals surface area (Å²) in [6, 6.07) is 7.80. The van der Waals surface area contributed by atoms with Crippen molar-refractivity contribution in [3.8, 4) is 0 Å². The van der Waals surface area contributed by atoms with E-state index in [9.17, 15) is 14.7 Å². The standard InChI is InChI=1S/C20H28O3/c1-19(2,3)16-9-7-15(8-10-16)17(21)13-20(14-18(22)23)11-5-4-6-12-20/h7-10H,4-6,11-14H2,1-3H3,(H,22,23). The number of Topliss-reactive ketones (excluding diaryl/α,β-unsaturated/α-hetero) is 1. The third-order valence-electron chi connectivity index (χ3n) is 5.05. The van der Waals surface area contributed by atoms with E-state index in [1.165, 1.54) is 5.56 Å². The lowest BCUT2D eigenvalue weighted by Crippen LogP contribution is -2.30. The molecule has 0 heterocycles. The van der Waals surface area contributed by atoms with Crippen molar-refractivity contribution >= 4 is 11.8 Å². The maximum atomic E-state index is 12.7. The zero-order valence-corrected chi connectivity index (χ0v) is 14.5. The third kappa shape index (κ3) is 4.66. The van der Waals surface area contributed by atoms with E-state index in [2.05, 4.69) is 20.8 Å². The summed E-state index contributed by atoms with van der Waals surface area (Å²) < 4.78 is 0. The minimum atomic E-state index is -0.789. The fourth-order valence-electron chi connectivity index (χ4n) is 3.64. The van der Waals surface area contributed by atoms with E-state index < -0.39 is 5.97 Å². The van der Waals surface area contributed by atoms with Crippen molar-refractivity contribution in [1.82, 2.24) is 0 Å². The largest absolute Gasteiger partial charge is 0.481 e. The quantitative estimate of drug-likeness (QED) is 0.779. The molecule has 3 nitrogen and oxygen atoms in total. The first kappa shape index (κ1) is 17.7. The number of rotatable bonds is 5. The Bertz CT molecular complexity index is 558. The van der Waals surface area contributed by atoms with Gasteiger partial charge in [0, 0.05) is 12.0 Å². The van der Waals surface area contributed by atoms with Gasteiger partial charge in [-0.3, -0.25) is 9.59 Å². The van der Waals surface area contributed by atoms with E-state index in [4.69, 9.17) is 0 Å². The highest BCUT2D eigenvalue weighted by atomic mass is 16.4. The van der Waals surface area contributed by atoms with Crippen molar-refractivity contribution in [3.05, 3.63) is 35.4 Å². The molecular weight excluding hydrogens is 288 g/mol. The molecule has 0 unspecified atom stereocenters. The molecule has 0 aliphatic heterocycles. The van der Waals surface area contributed by atoms with Gasteiger partial charge >= 0.3 is 5.97 Å². The number of carboxylic acids is 1. The summed E-state index contributed by atoms with van der Waals surface area (Å²) in [5.41, 5.74) is 1.62. The summed E-state index contributed by atoms with van der Waals surface area (Å²) in [4.78, 5) is 23.9. The van der Waals surface area contributed by atoms with Crippen LogP contribution in [-0.2, 0) is 10.2 Å². The number of aliphatic carboxylic acids is 1. The smallest absolute Gasteiger partial charge is 0.303 e. The summed E-state index contributed by atoms with van der Waals surface area (Å²) in [7, 11) is 0. The zero-order chi connectivity index (χ0) is 17.1. The van der Waals surface area contributed by atoms with Gasteiger partial charge < -0.3 is 5.11 Å². The third-order valence-corrected chi connectivity index (χ3v) is 5.05. The average Bonchev–Trinajstić information content (AvgIpc) is 2.46. The van der Waals surface area contributed by atoms with Gasteiger partial charge in [-0.05, 0) is 29.2 Å². The molecule has 0 saturated heterocycles. The van der Waals surface area contributed by atoms with Crippen molar-refractivity contribution < 1.29 is 14.7 Å². The van der Waals surface area contributed by atoms with Crippen molar-refractivity contribution in [2.75, 3.05) is 0 Å². The predicted octanol–water partition coefficient (Wildman–Crippen LogP) is 4.98. The summed E-state index contributed by atoms with van der Waals surface area (Å²) in [6.07, 6.45) is 5.38. The second kappa shape index (κ2) is 6.86.